The average Bonchev–Trinajstić information content (AvgIpc) is 3.08. The molecular formula is C42H41N3+2. The first-order valence-corrected chi connectivity index (χ1v) is 17.0. The van der Waals surface area contributed by atoms with Gasteiger partial charge in [-0.1, -0.05) is 36.4 Å². The van der Waals surface area contributed by atoms with E-state index in [1.54, 1.807) is 16.8 Å². The highest BCUT2D eigenvalue weighted by Gasteiger charge is 2.37. The molecule has 0 atom stereocenters. The predicted octanol–water partition coefficient (Wildman–Crippen LogP) is 7.90. The largest absolute Gasteiger partial charge is 0.371 e. The zero-order valence-electron chi connectivity index (χ0n) is 26.6. The highest BCUT2D eigenvalue weighted by molar-refractivity contribution is 5.99. The minimum absolute atomic E-state index is 1.01. The van der Waals surface area contributed by atoms with Crippen LogP contribution in [0.15, 0.2) is 79.0 Å². The molecule has 0 saturated heterocycles. The topological polar surface area (TPSA) is 11.0 Å². The van der Waals surface area contributed by atoms with Gasteiger partial charge in [0.1, 0.15) is 0 Å². The number of anilines is 1. The van der Waals surface area contributed by atoms with Crippen LogP contribution in [0.5, 0.6) is 0 Å². The van der Waals surface area contributed by atoms with Gasteiger partial charge in [0.15, 0.2) is 19.3 Å². The highest BCUT2D eigenvalue weighted by Crippen LogP contribution is 2.44. The van der Waals surface area contributed by atoms with Gasteiger partial charge in [-0.2, -0.15) is 9.13 Å². The monoisotopic (exact) mass is 587 g/mol. The summed E-state index contributed by atoms with van der Waals surface area (Å²) < 4.78 is 5.06. The molecular weight excluding hydrogens is 546 g/mol. The minimum Gasteiger partial charge on any atom is -0.371 e. The summed E-state index contributed by atoms with van der Waals surface area (Å²) >= 11 is 0. The number of allylic oxidation sites excluding steroid dienone is 2. The summed E-state index contributed by atoms with van der Waals surface area (Å²) in [5.74, 6) is 0. The molecule has 2 aromatic heterocycles. The second-order valence-electron chi connectivity index (χ2n) is 13.5. The van der Waals surface area contributed by atoms with E-state index in [1.165, 1.54) is 106 Å². The fraction of sp³-hybridized carbons (Fsp3) is 0.286. The van der Waals surface area contributed by atoms with Gasteiger partial charge in [0.25, 0.3) is 0 Å². The van der Waals surface area contributed by atoms with E-state index in [0.717, 1.165) is 25.9 Å². The number of pyridine rings is 2. The van der Waals surface area contributed by atoms with Gasteiger partial charge in [-0.25, -0.2) is 0 Å². The number of hydrogen-bond donors (Lipinski definition) is 0. The summed E-state index contributed by atoms with van der Waals surface area (Å²) in [6, 6.07) is 23.0. The second-order valence-corrected chi connectivity index (χ2v) is 13.5. The Morgan fingerprint density at radius 3 is 2.27 bits per heavy atom. The van der Waals surface area contributed by atoms with E-state index in [1.807, 2.05) is 0 Å². The molecule has 5 aromatic rings. The number of aryl methyl sites for hydroxylation is 3. The Labute approximate surface area is 266 Å². The van der Waals surface area contributed by atoms with E-state index in [2.05, 4.69) is 119 Å². The SMILES string of the molecule is Cc1c(C)c2c(c3c1CC[n+]1ccc4ccccc4c1-3)-c1cccc(C=CC=Cc3cc4c5c(c3)CCCN5CCC4)[n+]1CC2. The van der Waals surface area contributed by atoms with Crippen LogP contribution in [0.4, 0.5) is 5.69 Å². The molecule has 3 nitrogen and oxygen atoms in total. The molecule has 0 aliphatic carbocycles. The molecule has 0 saturated carbocycles. The van der Waals surface area contributed by atoms with Crippen LogP contribution in [0.25, 0.3) is 45.4 Å². The molecule has 0 spiro atoms. The molecule has 0 fully saturated rings. The Hall–Kier alpha value is -4.50. The number of benzene rings is 3. The van der Waals surface area contributed by atoms with Gasteiger partial charge in [-0.15, -0.1) is 0 Å². The third-order valence-corrected chi connectivity index (χ3v) is 11.1. The van der Waals surface area contributed by atoms with Crippen LogP contribution >= 0.6 is 0 Å². The zero-order valence-corrected chi connectivity index (χ0v) is 26.6. The molecule has 3 aromatic carbocycles. The summed E-state index contributed by atoms with van der Waals surface area (Å²) in [5.41, 5.74) is 18.9. The van der Waals surface area contributed by atoms with Crippen LogP contribution < -0.4 is 14.0 Å². The van der Waals surface area contributed by atoms with Crippen molar-refractivity contribution in [2.75, 3.05) is 18.0 Å². The van der Waals surface area contributed by atoms with Crippen molar-refractivity contribution >= 4 is 28.6 Å². The van der Waals surface area contributed by atoms with Crippen molar-refractivity contribution in [3.8, 4) is 22.5 Å². The van der Waals surface area contributed by atoms with E-state index in [0.29, 0.717) is 0 Å². The van der Waals surface area contributed by atoms with Crippen molar-refractivity contribution in [3.63, 3.8) is 0 Å². The van der Waals surface area contributed by atoms with E-state index in [-0.39, 0.29) is 0 Å². The molecule has 4 aliphatic heterocycles. The third kappa shape index (κ3) is 4.24. The third-order valence-electron chi connectivity index (χ3n) is 11.1. The molecule has 0 radical (unpaired) electrons. The lowest BCUT2D eigenvalue weighted by atomic mass is 9.79. The van der Waals surface area contributed by atoms with Crippen LogP contribution in [0.2, 0.25) is 0 Å². The van der Waals surface area contributed by atoms with Gasteiger partial charge in [-0.05, 0) is 108 Å². The van der Waals surface area contributed by atoms with Crippen LogP contribution in [-0.4, -0.2) is 13.1 Å². The van der Waals surface area contributed by atoms with Crippen LogP contribution in [0.1, 0.15) is 57.5 Å². The molecule has 9 rings (SSSR count). The summed E-state index contributed by atoms with van der Waals surface area (Å²) in [7, 11) is 0. The van der Waals surface area contributed by atoms with Crippen molar-refractivity contribution in [1.82, 2.24) is 0 Å². The van der Waals surface area contributed by atoms with Crippen molar-refractivity contribution in [2.24, 2.45) is 0 Å². The maximum atomic E-state index is 2.62. The van der Waals surface area contributed by atoms with Gasteiger partial charge in [0.2, 0.25) is 17.1 Å². The molecule has 0 unspecified atom stereocenters. The van der Waals surface area contributed by atoms with Crippen molar-refractivity contribution in [3.05, 3.63) is 124 Å². The van der Waals surface area contributed by atoms with Gasteiger partial charge >= 0.3 is 0 Å². The van der Waals surface area contributed by atoms with E-state index in [9.17, 15) is 0 Å². The van der Waals surface area contributed by atoms with Crippen molar-refractivity contribution in [1.29, 1.82) is 0 Å². The van der Waals surface area contributed by atoms with Crippen LogP contribution in [-0.2, 0) is 38.8 Å². The average molecular weight is 588 g/mol. The smallest absolute Gasteiger partial charge is 0.221 e. The fourth-order valence-electron chi connectivity index (χ4n) is 8.89. The van der Waals surface area contributed by atoms with E-state index in [4.69, 9.17) is 0 Å². The highest BCUT2D eigenvalue weighted by atomic mass is 15.1. The van der Waals surface area contributed by atoms with E-state index < -0.39 is 0 Å². The summed E-state index contributed by atoms with van der Waals surface area (Å²) in [5, 5.41) is 2.67. The van der Waals surface area contributed by atoms with Gasteiger partial charge in [0.05, 0.1) is 16.5 Å². The molecule has 0 bridgehead atoms. The fourth-order valence-corrected chi connectivity index (χ4v) is 8.89. The predicted molar refractivity (Wildman–Crippen MR) is 185 cm³/mol. The lowest BCUT2D eigenvalue weighted by Gasteiger charge is -2.37. The standard InChI is InChI=1S/C42H41N3/c1-28-29(2)36-19-24-44-23-18-31-11-4-6-16-37(31)42(44)40(36)39-35(28)20-25-45-34(15-7-17-38(39)45)14-5-3-10-30-26-32-12-8-21-43-22-9-13-33(27-30)41(32)43/h3-7,10-11,14-18,23,26-27H,8-9,12-13,19-22,24-25H2,1-2H3/q+2. The molecule has 0 amide bonds. The van der Waals surface area contributed by atoms with Gasteiger partial charge in [0, 0.05) is 55.9 Å². The molecule has 4 aliphatic rings. The first-order valence-electron chi connectivity index (χ1n) is 17.0. The zero-order chi connectivity index (χ0) is 30.1. The Balaban J connectivity index is 1.12. The first-order chi connectivity index (χ1) is 22.2. The first kappa shape index (κ1) is 26.9. The molecule has 222 valence electrons. The minimum atomic E-state index is 1.01. The van der Waals surface area contributed by atoms with Crippen molar-refractivity contribution in [2.45, 2.75) is 65.5 Å². The number of hydrogen-bond acceptors (Lipinski definition) is 1. The van der Waals surface area contributed by atoms with Gasteiger partial charge in [-0.3, -0.25) is 0 Å². The summed E-state index contributed by atoms with van der Waals surface area (Å²) in [6.07, 6.45) is 18.5. The molecule has 3 heteroatoms. The number of aromatic nitrogens is 2. The quantitative estimate of drug-likeness (QED) is 0.154. The number of nitrogens with zero attached hydrogens (tertiary/aromatic N) is 3. The molecule has 0 N–H and O–H groups in total. The molecule has 45 heavy (non-hydrogen) atoms. The van der Waals surface area contributed by atoms with Crippen LogP contribution in [0, 0.1) is 13.8 Å². The summed E-state index contributed by atoms with van der Waals surface area (Å²) in [6.45, 7) is 9.21. The Morgan fingerprint density at radius 2 is 1.44 bits per heavy atom. The summed E-state index contributed by atoms with van der Waals surface area (Å²) in [4.78, 5) is 2.62. The lowest BCUT2D eigenvalue weighted by Crippen LogP contribution is -2.45. The maximum Gasteiger partial charge on any atom is 0.221 e. The lowest BCUT2D eigenvalue weighted by molar-refractivity contribution is -0.690. The number of rotatable bonds is 3. The maximum absolute atomic E-state index is 2.62. The Morgan fingerprint density at radius 1 is 0.711 bits per heavy atom. The van der Waals surface area contributed by atoms with Crippen molar-refractivity contribution < 1.29 is 9.13 Å². The number of fused-ring (bicyclic) bond motifs is 9. The normalized spacial score (nSPS) is 16.4. The van der Waals surface area contributed by atoms with Crippen LogP contribution in [0.3, 0.4) is 0 Å². The second kappa shape index (κ2) is 10.5. The van der Waals surface area contributed by atoms with Gasteiger partial charge < -0.3 is 4.90 Å². The Bertz CT molecular complexity index is 2070. The molecule has 6 heterocycles. The van der Waals surface area contributed by atoms with E-state index >= 15 is 0 Å². The Kier molecular flexibility index (Phi) is 6.30.